The van der Waals surface area contributed by atoms with Gasteiger partial charge in [-0.3, -0.25) is 4.79 Å². The number of hydrogen-bond donors (Lipinski definition) is 1. The van der Waals surface area contributed by atoms with E-state index in [4.69, 9.17) is 0 Å². The Bertz CT molecular complexity index is 1100. The summed E-state index contributed by atoms with van der Waals surface area (Å²) >= 11 is 0.928. The fourth-order valence-electron chi connectivity index (χ4n) is 5.02. The highest BCUT2D eigenvalue weighted by atomic mass is 32.1. The third-order valence-electron chi connectivity index (χ3n) is 7.19. The molecule has 1 saturated carbocycles. The molecule has 10 heteroatoms. The lowest BCUT2D eigenvalue weighted by Crippen LogP contribution is -2.43. The van der Waals surface area contributed by atoms with Crippen LogP contribution in [0.4, 0.5) is 18.9 Å². The Morgan fingerprint density at radius 3 is 2.30 bits per heavy atom. The minimum absolute atomic E-state index is 0.126. The Morgan fingerprint density at radius 1 is 1.03 bits per heavy atom. The Morgan fingerprint density at radius 2 is 1.68 bits per heavy atom. The summed E-state index contributed by atoms with van der Waals surface area (Å²) in [5, 5.41) is 3.30. The number of nitrogens with zero attached hydrogens (tertiary/aromatic N) is 1. The Hall–Kier alpha value is -2.72. The van der Waals surface area contributed by atoms with Crippen LogP contribution in [0.2, 0.25) is 0 Å². The van der Waals surface area contributed by atoms with E-state index in [1.807, 2.05) is 18.2 Å². The second-order valence-corrected chi connectivity index (χ2v) is 11.0. The van der Waals surface area contributed by atoms with Gasteiger partial charge in [-0.05, 0) is 75.1 Å². The first-order valence-electron chi connectivity index (χ1n) is 12.7. The second-order valence-electron chi connectivity index (χ2n) is 9.96. The van der Waals surface area contributed by atoms with Crippen LogP contribution in [0.5, 0.6) is 0 Å². The van der Waals surface area contributed by atoms with Crippen LogP contribution >= 0.6 is 11.3 Å². The number of nitrogens with one attached hydrogen (secondary N) is 1. The molecule has 2 aliphatic rings. The van der Waals surface area contributed by atoms with Gasteiger partial charge in [-0.2, -0.15) is 13.2 Å². The average Bonchev–Trinajstić information content (AvgIpc) is 3.33. The van der Waals surface area contributed by atoms with Crippen molar-refractivity contribution in [3.63, 3.8) is 0 Å². The maximum atomic E-state index is 13.9. The van der Waals surface area contributed by atoms with Crippen molar-refractivity contribution >= 4 is 34.9 Å². The minimum Gasteiger partial charge on any atom is -0.382 e. The van der Waals surface area contributed by atoms with E-state index in [0.717, 1.165) is 68.5 Å². The molecule has 1 aliphatic heterocycles. The summed E-state index contributed by atoms with van der Waals surface area (Å²) in [6.45, 7) is 4.12. The molecule has 0 spiro atoms. The van der Waals surface area contributed by atoms with Crippen LogP contribution in [0.15, 0.2) is 36.4 Å². The summed E-state index contributed by atoms with van der Waals surface area (Å²) in [4.78, 5) is 40.3. The molecule has 0 radical (unpaired) electrons. The van der Waals surface area contributed by atoms with Gasteiger partial charge in [0.05, 0.1) is 5.69 Å². The molecular formula is C27H31F3N2O4S. The van der Waals surface area contributed by atoms with Crippen LogP contribution in [0, 0.1) is 17.8 Å². The number of anilines is 1. The number of carbonyl (C=O) groups is 3. The first-order valence-corrected chi connectivity index (χ1v) is 13.5. The van der Waals surface area contributed by atoms with Crippen molar-refractivity contribution in [3.05, 3.63) is 41.3 Å². The third-order valence-corrected chi connectivity index (χ3v) is 8.35. The topological polar surface area (TPSA) is 75.7 Å². The molecule has 1 aliphatic carbocycles. The van der Waals surface area contributed by atoms with Crippen molar-refractivity contribution in [2.45, 2.75) is 51.6 Å². The van der Waals surface area contributed by atoms with Gasteiger partial charge in [-0.25, -0.2) is 9.59 Å². The molecule has 1 N–H and O–H groups in total. The number of rotatable bonds is 6. The SMILES string of the molecule is CC1CCC(C(=O)N(CC2CCNCC2)c2cc(-c3ccccc3)sc2C(=O)OC(=O)C(F)(F)F)CC1. The number of carbonyl (C=O) groups excluding carboxylic acids is 3. The van der Waals surface area contributed by atoms with Gasteiger partial charge in [0.1, 0.15) is 4.88 Å². The third kappa shape index (κ3) is 6.78. The first-order chi connectivity index (χ1) is 17.6. The van der Waals surface area contributed by atoms with Gasteiger partial charge in [0.25, 0.3) is 0 Å². The molecule has 1 saturated heterocycles. The van der Waals surface area contributed by atoms with E-state index in [1.165, 1.54) is 0 Å². The van der Waals surface area contributed by atoms with Crippen molar-refractivity contribution < 1.29 is 32.3 Å². The maximum absolute atomic E-state index is 13.9. The number of hydrogen-bond acceptors (Lipinski definition) is 6. The maximum Gasteiger partial charge on any atom is 0.491 e. The summed E-state index contributed by atoms with van der Waals surface area (Å²) in [7, 11) is 0. The lowest BCUT2D eigenvalue weighted by Gasteiger charge is -2.34. The molecule has 1 aromatic heterocycles. The molecule has 37 heavy (non-hydrogen) atoms. The molecule has 1 amide bonds. The number of alkyl halides is 3. The summed E-state index contributed by atoms with van der Waals surface area (Å²) in [5.74, 6) is -3.61. The molecule has 4 rings (SSSR count). The van der Waals surface area contributed by atoms with Crippen molar-refractivity contribution in [2.24, 2.45) is 17.8 Å². The largest absolute Gasteiger partial charge is 0.491 e. The Kier molecular flexibility index (Phi) is 8.69. The molecule has 0 atom stereocenters. The number of ether oxygens (including phenoxy) is 1. The number of halogens is 3. The molecule has 0 unspecified atom stereocenters. The van der Waals surface area contributed by atoms with E-state index in [2.05, 4.69) is 17.0 Å². The predicted molar refractivity (Wildman–Crippen MR) is 135 cm³/mol. The summed E-state index contributed by atoms with van der Waals surface area (Å²) in [6.07, 6.45) is -0.327. The smallest absolute Gasteiger partial charge is 0.382 e. The van der Waals surface area contributed by atoms with Crippen LogP contribution in [0.1, 0.15) is 55.1 Å². The molecule has 2 heterocycles. The number of thiophene rings is 1. The fraction of sp³-hybridized carbons (Fsp3) is 0.519. The standard InChI is InChI=1S/C27H31F3N2O4S/c1-17-7-9-20(10-8-17)24(33)32(16-18-11-13-31-14-12-18)21-15-22(19-5-3-2-4-6-19)37-23(21)25(34)36-26(35)27(28,29)30/h2-6,15,17-18,20,31H,7-14,16H2,1H3. The minimum atomic E-state index is -5.31. The predicted octanol–water partition coefficient (Wildman–Crippen LogP) is 5.82. The lowest BCUT2D eigenvalue weighted by molar-refractivity contribution is -0.193. The number of piperidine rings is 1. The van der Waals surface area contributed by atoms with Crippen molar-refractivity contribution in [1.82, 2.24) is 5.32 Å². The highest BCUT2D eigenvalue weighted by Crippen LogP contribution is 2.40. The lowest BCUT2D eigenvalue weighted by atomic mass is 9.82. The van der Waals surface area contributed by atoms with Gasteiger partial charge in [0.2, 0.25) is 5.91 Å². The molecule has 1 aromatic carbocycles. The van der Waals surface area contributed by atoms with E-state index in [0.29, 0.717) is 17.3 Å². The van der Waals surface area contributed by atoms with Crippen LogP contribution in [0.25, 0.3) is 10.4 Å². The van der Waals surface area contributed by atoms with Crippen molar-refractivity contribution in [1.29, 1.82) is 0 Å². The highest BCUT2D eigenvalue weighted by Gasteiger charge is 2.43. The van der Waals surface area contributed by atoms with Gasteiger partial charge in [-0.1, -0.05) is 37.3 Å². The average molecular weight is 537 g/mol. The van der Waals surface area contributed by atoms with Gasteiger partial charge in [0, 0.05) is 17.3 Å². The second kappa shape index (κ2) is 11.8. The molecule has 2 aromatic rings. The summed E-state index contributed by atoms with van der Waals surface area (Å²) < 4.78 is 42.8. The molecule has 6 nitrogen and oxygen atoms in total. The van der Waals surface area contributed by atoms with E-state index in [1.54, 1.807) is 23.1 Å². The van der Waals surface area contributed by atoms with Crippen LogP contribution in [0.3, 0.4) is 0 Å². The molecule has 200 valence electrons. The number of benzene rings is 1. The van der Waals surface area contributed by atoms with E-state index < -0.39 is 18.1 Å². The van der Waals surface area contributed by atoms with Crippen molar-refractivity contribution in [3.8, 4) is 10.4 Å². The van der Waals surface area contributed by atoms with Crippen molar-refractivity contribution in [2.75, 3.05) is 24.5 Å². The zero-order chi connectivity index (χ0) is 26.6. The van der Waals surface area contributed by atoms with E-state index in [9.17, 15) is 27.6 Å². The van der Waals surface area contributed by atoms with E-state index in [-0.39, 0.29) is 28.3 Å². The Labute approximate surface area is 218 Å². The fourth-order valence-corrected chi connectivity index (χ4v) is 6.06. The molecule has 2 fully saturated rings. The number of esters is 2. The summed E-state index contributed by atoms with van der Waals surface area (Å²) in [6, 6.07) is 10.7. The number of amides is 1. The normalized spacial score (nSPS) is 20.9. The van der Waals surface area contributed by atoms with Gasteiger partial charge in [-0.15, -0.1) is 11.3 Å². The van der Waals surface area contributed by atoms with Gasteiger partial charge >= 0.3 is 18.1 Å². The Balaban J connectivity index is 1.73. The highest BCUT2D eigenvalue weighted by molar-refractivity contribution is 7.18. The molecule has 0 bridgehead atoms. The van der Waals surface area contributed by atoms with Gasteiger partial charge in [0.15, 0.2) is 0 Å². The molecular weight excluding hydrogens is 505 g/mol. The van der Waals surface area contributed by atoms with Crippen LogP contribution in [-0.2, 0) is 14.3 Å². The van der Waals surface area contributed by atoms with Crippen LogP contribution < -0.4 is 10.2 Å². The zero-order valence-electron chi connectivity index (χ0n) is 20.7. The van der Waals surface area contributed by atoms with E-state index >= 15 is 0 Å². The van der Waals surface area contributed by atoms with Crippen LogP contribution in [-0.4, -0.2) is 43.7 Å². The van der Waals surface area contributed by atoms with Gasteiger partial charge < -0.3 is 15.0 Å². The quantitative estimate of drug-likeness (QED) is 0.372. The zero-order valence-corrected chi connectivity index (χ0v) is 21.5. The summed E-state index contributed by atoms with van der Waals surface area (Å²) in [5.41, 5.74) is 0.960. The monoisotopic (exact) mass is 536 g/mol. The first kappa shape index (κ1) is 27.3.